The lowest BCUT2D eigenvalue weighted by Gasteiger charge is -2.18. The van der Waals surface area contributed by atoms with E-state index in [0.717, 1.165) is 17.7 Å². The highest BCUT2D eigenvalue weighted by atomic mass is 32.2. The number of carbonyl (C=O) groups excluding carboxylic acids is 1. The van der Waals surface area contributed by atoms with Gasteiger partial charge in [-0.1, -0.05) is 25.1 Å². The van der Waals surface area contributed by atoms with Gasteiger partial charge in [0.2, 0.25) is 15.9 Å². The van der Waals surface area contributed by atoms with E-state index in [4.69, 9.17) is 4.52 Å². The molecular weight excluding hydrogens is 448 g/mol. The van der Waals surface area contributed by atoms with E-state index < -0.39 is 16.1 Å². The first-order chi connectivity index (χ1) is 15.3. The molecule has 32 heavy (non-hydrogen) atoms. The maximum absolute atomic E-state index is 12.8. The summed E-state index contributed by atoms with van der Waals surface area (Å²) in [6.45, 7) is 4.24. The molecule has 170 valence electrons. The van der Waals surface area contributed by atoms with Crippen LogP contribution >= 0.6 is 11.3 Å². The Hall–Kier alpha value is -2.56. The Bertz CT molecular complexity index is 1150. The SMILES string of the molecule is CC(C)C(NC(=O)c1ccc(S(=O)(=O)NCCc2cccs2)cc1)c1nc(C2CC2)no1. The quantitative estimate of drug-likeness (QED) is 0.464. The molecule has 1 aliphatic carbocycles. The lowest BCUT2D eigenvalue weighted by atomic mass is 10.0. The lowest BCUT2D eigenvalue weighted by Crippen LogP contribution is -2.32. The largest absolute Gasteiger partial charge is 0.340 e. The number of amides is 1. The van der Waals surface area contributed by atoms with Crippen molar-refractivity contribution in [3.63, 3.8) is 0 Å². The van der Waals surface area contributed by atoms with Gasteiger partial charge in [0.05, 0.1) is 4.90 Å². The molecule has 0 spiro atoms. The molecule has 1 atom stereocenters. The van der Waals surface area contributed by atoms with Crippen LogP contribution in [0.3, 0.4) is 0 Å². The van der Waals surface area contributed by atoms with E-state index >= 15 is 0 Å². The van der Waals surface area contributed by atoms with Gasteiger partial charge >= 0.3 is 0 Å². The molecule has 2 heterocycles. The molecule has 0 bridgehead atoms. The Kier molecular flexibility index (Phi) is 6.73. The van der Waals surface area contributed by atoms with Crippen LogP contribution in [-0.2, 0) is 16.4 Å². The van der Waals surface area contributed by atoms with Crippen LogP contribution in [0.25, 0.3) is 0 Å². The first-order valence-corrected chi connectivity index (χ1v) is 13.0. The van der Waals surface area contributed by atoms with Gasteiger partial charge in [-0.2, -0.15) is 4.98 Å². The van der Waals surface area contributed by atoms with E-state index in [9.17, 15) is 13.2 Å². The molecule has 10 heteroatoms. The number of rotatable bonds is 10. The third kappa shape index (κ3) is 5.43. The second-order valence-corrected chi connectivity index (χ2v) is 11.0. The molecule has 8 nitrogen and oxygen atoms in total. The van der Waals surface area contributed by atoms with Crippen molar-refractivity contribution in [2.75, 3.05) is 6.54 Å². The molecule has 3 aromatic rings. The van der Waals surface area contributed by atoms with Crippen LogP contribution in [0.4, 0.5) is 0 Å². The van der Waals surface area contributed by atoms with E-state index in [-0.39, 0.29) is 16.7 Å². The van der Waals surface area contributed by atoms with Crippen molar-refractivity contribution >= 4 is 27.3 Å². The van der Waals surface area contributed by atoms with E-state index in [1.165, 1.54) is 24.3 Å². The van der Waals surface area contributed by atoms with Gasteiger partial charge in [0.1, 0.15) is 6.04 Å². The zero-order valence-corrected chi connectivity index (χ0v) is 19.6. The smallest absolute Gasteiger partial charge is 0.251 e. The number of thiophene rings is 1. The Labute approximate surface area is 191 Å². The first-order valence-electron chi connectivity index (χ1n) is 10.6. The third-order valence-corrected chi connectivity index (χ3v) is 7.70. The molecule has 1 aliphatic rings. The van der Waals surface area contributed by atoms with E-state index in [1.54, 1.807) is 11.3 Å². The summed E-state index contributed by atoms with van der Waals surface area (Å²) in [5.74, 6) is 1.16. The maximum atomic E-state index is 12.8. The van der Waals surface area contributed by atoms with Gasteiger partial charge < -0.3 is 9.84 Å². The Morgan fingerprint density at radius 3 is 2.59 bits per heavy atom. The van der Waals surface area contributed by atoms with Crippen molar-refractivity contribution in [1.29, 1.82) is 0 Å². The average Bonchev–Trinajstić information content (AvgIpc) is 3.27. The van der Waals surface area contributed by atoms with Crippen molar-refractivity contribution < 1.29 is 17.7 Å². The highest BCUT2D eigenvalue weighted by Gasteiger charge is 2.31. The molecule has 0 radical (unpaired) electrons. The first kappa shape index (κ1) is 22.6. The number of hydrogen-bond acceptors (Lipinski definition) is 7. The van der Waals surface area contributed by atoms with Crippen molar-refractivity contribution in [3.8, 4) is 0 Å². The van der Waals surface area contributed by atoms with Crippen LogP contribution < -0.4 is 10.0 Å². The summed E-state index contributed by atoms with van der Waals surface area (Å²) < 4.78 is 33.0. The van der Waals surface area contributed by atoms with Crippen LogP contribution in [0.5, 0.6) is 0 Å². The minimum absolute atomic E-state index is 0.0404. The number of carbonyl (C=O) groups is 1. The Morgan fingerprint density at radius 2 is 1.97 bits per heavy atom. The predicted molar refractivity (Wildman–Crippen MR) is 121 cm³/mol. The van der Waals surface area contributed by atoms with Crippen LogP contribution in [0, 0.1) is 5.92 Å². The second kappa shape index (κ2) is 9.51. The van der Waals surface area contributed by atoms with Crippen molar-refractivity contribution in [3.05, 3.63) is 63.9 Å². The molecule has 1 aromatic carbocycles. The van der Waals surface area contributed by atoms with E-state index in [0.29, 0.717) is 36.2 Å². The fourth-order valence-corrected chi connectivity index (χ4v) is 4.99. The fraction of sp³-hybridized carbons (Fsp3) is 0.409. The van der Waals surface area contributed by atoms with Crippen LogP contribution in [0.1, 0.15) is 65.6 Å². The van der Waals surface area contributed by atoms with Gasteiger partial charge in [0, 0.05) is 22.9 Å². The molecule has 0 aliphatic heterocycles. The summed E-state index contributed by atoms with van der Waals surface area (Å²) in [7, 11) is -3.65. The normalized spacial score (nSPS) is 15.1. The lowest BCUT2D eigenvalue weighted by molar-refractivity contribution is 0.0914. The summed E-state index contributed by atoms with van der Waals surface area (Å²) in [6, 6.07) is 9.36. The highest BCUT2D eigenvalue weighted by molar-refractivity contribution is 7.89. The van der Waals surface area contributed by atoms with Gasteiger partial charge in [-0.25, -0.2) is 13.1 Å². The highest BCUT2D eigenvalue weighted by Crippen LogP contribution is 2.38. The number of nitrogens with zero attached hydrogens (tertiary/aromatic N) is 2. The van der Waals surface area contributed by atoms with Gasteiger partial charge in [-0.15, -0.1) is 11.3 Å². The molecule has 2 aromatic heterocycles. The number of hydrogen-bond donors (Lipinski definition) is 2. The summed E-state index contributed by atoms with van der Waals surface area (Å²) in [5, 5.41) is 8.92. The molecular formula is C22H26N4O4S2. The van der Waals surface area contributed by atoms with Crippen LogP contribution in [0.15, 0.2) is 51.2 Å². The van der Waals surface area contributed by atoms with Gasteiger partial charge in [-0.3, -0.25) is 4.79 Å². The molecule has 1 fully saturated rings. The molecule has 1 saturated carbocycles. The summed E-state index contributed by atoms with van der Waals surface area (Å²) in [6.07, 6.45) is 2.76. The Morgan fingerprint density at radius 1 is 1.22 bits per heavy atom. The van der Waals surface area contributed by atoms with Crippen LogP contribution in [0.2, 0.25) is 0 Å². The zero-order chi connectivity index (χ0) is 22.7. The molecule has 4 rings (SSSR count). The maximum Gasteiger partial charge on any atom is 0.251 e. The van der Waals surface area contributed by atoms with Gasteiger partial charge in [0.15, 0.2) is 5.82 Å². The second-order valence-electron chi connectivity index (χ2n) is 8.21. The van der Waals surface area contributed by atoms with Gasteiger partial charge in [0.25, 0.3) is 5.91 Å². The minimum atomic E-state index is -3.65. The van der Waals surface area contributed by atoms with Crippen molar-refractivity contribution in [1.82, 2.24) is 20.2 Å². The third-order valence-electron chi connectivity index (χ3n) is 5.29. The summed E-state index contributed by atoms with van der Waals surface area (Å²) in [4.78, 5) is 18.5. The summed E-state index contributed by atoms with van der Waals surface area (Å²) >= 11 is 1.59. The number of sulfonamides is 1. The topological polar surface area (TPSA) is 114 Å². The van der Waals surface area contributed by atoms with E-state index in [1.807, 2.05) is 31.4 Å². The van der Waals surface area contributed by atoms with Gasteiger partial charge in [-0.05, 0) is 60.9 Å². The fourth-order valence-electron chi connectivity index (χ4n) is 3.25. The number of benzene rings is 1. The predicted octanol–water partition coefficient (Wildman–Crippen LogP) is 3.66. The molecule has 0 saturated heterocycles. The molecule has 1 amide bonds. The van der Waals surface area contributed by atoms with Crippen LogP contribution in [-0.4, -0.2) is 31.0 Å². The monoisotopic (exact) mass is 474 g/mol. The van der Waals surface area contributed by atoms with Crippen molar-refractivity contribution in [2.45, 2.75) is 50.0 Å². The number of aromatic nitrogens is 2. The van der Waals surface area contributed by atoms with E-state index in [2.05, 4.69) is 20.2 Å². The zero-order valence-electron chi connectivity index (χ0n) is 17.9. The Balaban J connectivity index is 1.38. The number of nitrogens with one attached hydrogen (secondary N) is 2. The molecule has 2 N–H and O–H groups in total. The standard InChI is InChI=1S/C22H26N4O4S2/c1-14(2)19(22-25-20(26-30-22)15-5-6-15)24-21(27)16-7-9-18(10-8-16)32(28,29)23-12-11-17-4-3-13-31-17/h3-4,7-10,13-15,19,23H,5-6,11-12H2,1-2H3,(H,24,27). The van der Waals surface area contributed by atoms with Crippen molar-refractivity contribution in [2.24, 2.45) is 5.92 Å². The average molecular weight is 475 g/mol. The molecule has 1 unspecified atom stereocenters. The minimum Gasteiger partial charge on any atom is -0.340 e. The summed E-state index contributed by atoms with van der Waals surface area (Å²) in [5.41, 5.74) is 0.357.